The van der Waals surface area contributed by atoms with Gasteiger partial charge in [0.05, 0.1) is 5.39 Å². The van der Waals surface area contributed by atoms with Gasteiger partial charge >= 0.3 is 5.97 Å². The van der Waals surface area contributed by atoms with Gasteiger partial charge in [-0.2, -0.15) is 0 Å². The second-order valence-corrected chi connectivity index (χ2v) is 8.07. The maximum Gasteiger partial charge on any atom is 0.316 e. The van der Waals surface area contributed by atoms with Crippen LogP contribution in [0.15, 0.2) is 41.0 Å². The van der Waals surface area contributed by atoms with Gasteiger partial charge in [-0.05, 0) is 24.0 Å². The number of thiophene rings is 1. The van der Waals surface area contributed by atoms with Gasteiger partial charge in [0, 0.05) is 10.9 Å². The topological polar surface area (TPSA) is 63.1 Å². The van der Waals surface area contributed by atoms with E-state index in [4.69, 9.17) is 0 Å². The van der Waals surface area contributed by atoms with Crippen molar-refractivity contribution in [1.82, 2.24) is 9.97 Å². The maximum absolute atomic E-state index is 11.2. The van der Waals surface area contributed by atoms with E-state index >= 15 is 0 Å². The van der Waals surface area contributed by atoms with E-state index in [-0.39, 0.29) is 0 Å². The Morgan fingerprint density at radius 1 is 1.17 bits per heavy atom. The van der Waals surface area contributed by atoms with Crippen LogP contribution in [0.5, 0.6) is 0 Å². The Hall–Kier alpha value is -1.92. The monoisotopic (exact) mass is 358 g/mol. The Kier molecular flexibility index (Phi) is 4.87. The summed E-state index contributed by atoms with van der Waals surface area (Å²) in [5.41, 5.74) is 3.46. The minimum Gasteiger partial charge on any atom is -0.480 e. The zero-order chi connectivity index (χ0) is 17.3. The number of carboxylic acids is 1. The number of thioether (sulfide) groups is 1. The van der Waals surface area contributed by atoms with Gasteiger partial charge in [0.1, 0.15) is 21.4 Å². The summed E-state index contributed by atoms with van der Waals surface area (Å²) in [4.78, 5) is 20.7. The van der Waals surface area contributed by atoms with Gasteiger partial charge in [0.25, 0.3) is 0 Å². The van der Waals surface area contributed by atoms with E-state index < -0.39 is 11.2 Å². The lowest BCUT2D eigenvalue weighted by molar-refractivity contribution is -0.136. The van der Waals surface area contributed by atoms with Crippen molar-refractivity contribution in [2.24, 2.45) is 0 Å². The van der Waals surface area contributed by atoms with Gasteiger partial charge in [-0.15, -0.1) is 11.3 Å². The number of aromatic nitrogens is 2. The molecule has 0 radical (unpaired) electrons. The molecule has 0 amide bonds. The van der Waals surface area contributed by atoms with E-state index in [1.54, 1.807) is 18.3 Å². The molecular formula is C18H18N2O2S2. The summed E-state index contributed by atoms with van der Waals surface area (Å²) in [5.74, 6) is -0.353. The number of carbonyl (C=O) groups is 1. The summed E-state index contributed by atoms with van der Waals surface area (Å²) < 4.78 is 0. The van der Waals surface area contributed by atoms with Crippen LogP contribution in [0.4, 0.5) is 0 Å². The molecule has 6 heteroatoms. The highest BCUT2D eigenvalue weighted by Crippen LogP contribution is 2.39. The summed E-state index contributed by atoms with van der Waals surface area (Å²) in [5, 5.41) is 12.3. The fraction of sp³-hybridized carbons (Fsp3) is 0.278. The van der Waals surface area contributed by atoms with Crippen LogP contribution in [0.25, 0.3) is 21.3 Å². The van der Waals surface area contributed by atoms with Crippen LogP contribution in [0.1, 0.15) is 32.3 Å². The molecule has 0 fully saturated rings. The Labute approximate surface area is 149 Å². The third-order valence-electron chi connectivity index (χ3n) is 3.86. The van der Waals surface area contributed by atoms with E-state index in [1.165, 1.54) is 23.7 Å². The molecule has 1 N–H and O–H groups in total. The van der Waals surface area contributed by atoms with Gasteiger partial charge in [-0.25, -0.2) is 9.97 Å². The summed E-state index contributed by atoms with van der Waals surface area (Å²) in [6.07, 6.45) is 1.50. The van der Waals surface area contributed by atoms with Gasteiger partial charge in [-0.1, -0.05) is 49.9 Å². The number of nitrogens with zero attached hydrogens (tertiary/aromatic N) is 2. The number of carboxylic acid groups (broad SMARTS) is 1. The fourth-order valence-electron chi connectivity index (χ4n) is 2.41. The molecule has 0 aliphatic heterocycles. The Bertz CT molecular complexity index is 872. The van der Waals surface area contributed by atoms with E-state index in [1.807, 2.05) is 0 Å². The third kappa shape index (κ3) is 3.30. The molecule has 1 aromatic carbocycles. The van der Waals surface area contributed by atoms with Crippen molar-refractivity contribution in [2.45, 2.75) is 37.0 Å². The quantitative estimate of drug-likeness (QED) is 0.511. The van der Waals surface area contributed by atoms with E-state index in [9.17, 15) is 9.90 Å². The maximum atomic E-state index is 11.2. The molecule has 0 bridgehead atoms. The Morgan fingerprint density at radius 3 is 2.50 bits per heavy atom. The predicted octanol–water partition coefficient (Wildman–Crippen LogP) is 5.05. The van der Waals surface area contributed by atoms with Crippen LogP contribution >= 0.6 is 23.1 Å². The Balaban J connectivity index is 2.07. The van der Waals surface area contributed by atoms with Crippen molar-refractivity contribution < 1.29 is 9.90 Å². The lowest BCUT2D eigenvalue weighted by Gasteiger charge is -2.09. The largest absolute Gasteiger partial charge is 0.480 e. The number of hydrogen-bond donors (Lipinski definition) is 1. The van der Waals surface area contributed by atoms with Crippen molar-refractivity contribution in [3.8, 4) is 11.1 Å². The second-order valence-electron chi connectivity index (χ2n) is 5.88. The average molecular weight is 358 g/mol. The SMILES string of the molecule is CC(Sc1ncnc2scc(-c3ccc(C(C)C)cc3)c12)C(=O)O. The smallest absolute Gasteiger partial charge is 0.316 e. The van der Waals surface area contributed by atoms with Crippen molar-refractivity contribution in [2.75, 3.05) is 0 Å². The molecule has 1 atom stereocenters. The van der Waals surface area contributed by atoms with Crippen LogP contribution in [0, 0.1) is 0 Å². The van der Waals surface area contributed by atoms with Gasteiger partial charge in [0.15, 0.2) is 0 Å². The minimum absolute atomic E-state index is 0.490. The van der Waals surface area contributed by atoms with Crippen LogP contribution in [-0.2, 0) is 4.79 Å². The molecule has 2 aromatic heterocycles. The molecular weight excluding hydrogens is 340 g/mol. The number of fused-ring (bicyclic) bond motifs is 1. The highest BCUT2D eigenvalue weighted by molar-refractivity contribution is 8.00. The first-order chi connectivity index (χ1) is 11.5. The highest BCUT2D eigenvalue weighted by atomic mass is 32.2. The summed E-state index contributed by atoms with van der Waals surface area (Å²) >= 11 is 2.82. The molecule has 24 heavy (non-hydrogen) atoms. The average Bonchev–Trinajstić information content (AvgIpc) is 3.00. The van der Waals surface area contributed by atoms with Gasteiger partial charge < -0.3 is 5.11 Å². The van der Waals surface area contributed by atoms with Crippen molar-refractivity contribution in [3.05, 3.63) is 41.5 Å². The van der Waals surface area contributed by atoms with Gasteiger partial charge in [0.2, 0.25) is 0 Å². The predicted molar refractivity (Wildman–Crippen MR) is 99.9 cm³/mol. The molecule has 3 aromatic rings. The lowest BCUT2D eigenvalue weighted by atomic mass is 9.99. The van der Waals surface area contributed by atoms with Crippen LogP contribution in [0.3, 0.4) is 0 Å². The van der Waals surface area contributed by atoms with Crippen LogP contribution in [0.2, 0.25) is 0 Å². The molecule has 4 nitrogen and oxygen atoms in total. The van der Waals surface area contributed by atoms with Crippen molar-refractivity contribution >= 4 is 39.3 Å². The van der Waals surface area contributed by atoms with E-state index in [0.717, 1.165) is 26.4 Å². The van der Waals surface area contributed by atoms with Crippen LogP contribution < -0.4 is 0 Å². The second kappa shape index (κ2) is 6.91. The Morgan fingerprint density at radius 2 is 1.88 bits per heavy atom. The summed E-state index contributed by atoms with van der Waals surface area (Å²) in [6, 6.07) is 8.50. The number of benzene rings is 1. The molecule has 0 aliphatic rings. The third-order valence-corrected chi connectivity index (χ3v) is 5.83. The van der Waals surface area contributed by atoms with Crippen molar-refractivity contribution in [1.29, 1.82) is 0 Å². The van der Waals surface area contributed by atoms with Crippen molar-refractivity contribution in [3.63, 3.8) is 0 Å². The lowest BCUT2D eigenvalue weighted by Crippen LogP contribution is -2.11. The standard InChI is InChI=1S/C18H18N2O2S2/c1-10(2)12-4-6-13(7-5-12)14-8-23-16-15(14)17(20-9-19-16)24-11(3)18(21)22/h4-11H,1-3H3,(H,21,22). The molecule has 0 saturated carbocycles. The fourth-order valence-corrected chi connectivity index (χ4v) is 4.26. The van der Waals surface area contributed by atoms with Crippen LogP contribution in [-0.4, -0.2) is 26.3 Å². The van der Waals surface area contributed by atoms with E-state index in [2.05, 4.69) is 53.5 Å². The molecule has 0 spiro atoms. The number of aliphatic carboxylic acids is 1. The molecule has 0 saturated heterocycles. The first-order valence-electron chi connectivity index (χ1n) is 7.69. The molecule has 2 heterocycles. The van der Waals surface area contributed by atoms with E-state index in [0.29, 0.717) is 5.92 Å². The zero-order valence-electron chi connectivity index (χ0n) is 13.7. The molecule has 3 rings (SSSR count). The normalized spacial score (nSPS) is 12.7. The highest BCUT2D eigenvalue weighted by Gasteiger charge is 2.19. The first kappa shape index (κ1) is 16.9. The van der Waals surface area contributed by atoms with Gasteiger partial charge in [-0.3, -0.25) is 4.79 Å². The molecule has 124 valence electrons. The molecule has 1 unspecified atom stereocenters. The number of rotatable bonds is 5. The summed E-state index contributed by atoms with van der Waals surface area (Å²) in [7, 11) is 0. The molecule has 0 aliphatic carbocycles. The zero-order valence-corrected chi connectivity index (χ0v) is 15.3. The summed E-state index contributed by atoms with van der Waals surface area (Å²) in [6.45, 7) is 6.01. The number of hydrogen-bond acceptors (Lipinski definition) is 5. The minimum atomic E-state index is -0.843. The first-order valence-corrected chi connectivity index (χ1v) is 9.45.